The Labute approximate surface area is 86.9 Å². The van der Waals surface area contributed by atoms with Gasteiger partial charge in [0.25, 0.3) is 0 Å². The summed E-state index contributed by atoms with van der Waals surface area (Å²) in [7, 11) is 1.78. The maximum absolute atomic E-state index is 5.96. The highest BCUT2D eigenvalue weighted by Gasteiger charge is 2.27. The second kappa shape index (κ2) is 5.10. The number of hydrogen-bond donors (Lipinski definition) is 1. The number of rotatable bonds is 4. The molecule has 0 heterocycles. The summed E-state index contributed by atoms with van der Waals surface area (Å²) in [6, 6.07) is 0. The van der Waals surface area contributed by atoms with Gasteiger partial charge in [0.05, 0.1) is 17.8 Å². The normalized spacial score (nSPS) is 29.1. The molecule has 14 heavy (non-hydrogen) atoms. The second-order valence-electron chi connectivity index (χ2n) is 4.73. The van der Waals surface area contributed by atoms with Gasteiger partial charge >= 0.3 is 0 Å². The van der Waals surface area contributed by atoms with Gasteiger partial charge in [0.15, 0.2) is 0 Å². The summed E-state index contributed by atoms with van der Waals surface area (Å²) in [6.07, 6.45) is 5.22. The summed E-state index contributed by atoms with van der Waals surface area (Å²) >= 11 is 0. The zero-order valence-corrected chi connectivity index (χ0v) is 9.58. The fraction of sp³-hybridized carbons (Fsp3) is 1.00. The molecule has 3 nitrogen and oxygen atoms in total. The van der Waals surface area contributed by atoms with Crippen LogP contribution in [0.5, 0.6) is 0 Å². The van der Waals surface area contributed by atoms with E-state index in [2.05, 4.69) is 0 Å². The Kier molecular flexibility index (Phi) is 4.35. The highest BCUT2D eigenvalue weighted by Crippen LogP contribution is 2.26. The van der Waals surface area contributed by atoms with Gasteiger partial charge in [-0.15, -0.1) is 0 Å². The van der Waals surface area contributed by atoms with Crippen molar-refractivity contribution < 1.29 is 9.47 Å². The van der Waals surface area contributed by atoms with Gasteiger partial charge < -0.3 is 15.2 Å². The Morgan fingerprint density at radius 1 is 1.29 bits per heavy atom. The van der Waals surface area contributed by atoms with Gasteiger partial charge in [-0.2, -0.15) is 0 Å². The van der Waals surface area contributed by atoms with Crippen LogP contribution < -0.4 is 5.73 Å². The van der Waals surface area contributed by atoms with E-state index in [1.165, 1.54) is 12.8 Å². The van der Waals surface area contributed by atoms with Crippen molar-refractivity contribution in [2.24, 2.45) is 5.73 Å². The number of methoxy groups -OCH3 is 1. The van der Waals surface area contributed by atoms with E-state index in [-0.39, 0.29) is 5.60 Å². The van der Waals surface area contributed by atoms with E-state index in [9.17, 15) is 0 Å². The van der Waals surface area contributed by atoms with Crippen LogP contribution in [0.4, 0.5) is 0 Å². The molecule has 0 aliphatic heterocycles. The van der Waals surface area contributed by atoms with Gasteiger partial charge in [0.1, 0.15) is 0 Å². The van der Waals surface area contributed by atoms with E-state index in [1.807, 2.05) is 13.8 Å². The quantitative estimate of drug-likeness (QED) is 0.753. The lowest BCUT2D eigenvalue weighted by atomic mass is 9.94. The third-order valence-corrected chi connectivity index (χ3v) is 2.89. The minimum Gasteiger partial charge on any atom is -0.381 e. The number of hydrogen-bond acceptors (Lipinski definition) is 3. The van der Waals surface area contributed by atoms with Crippen molar-refractivity contribution in [1.29, 1.82) is 0 Å². The molecule has 1 fully saturated rings. The van der Waals surface area contributed by atoms with Crippen LogP contribution in [0.15, 0.2) is 0 Å². The van der Waals surface area contributed by atoms with Crippen LogP contribution in [0, 0.1) is 0 Å². The Morgan fingerprint density at radius 3 is 2.50 bits per heavy atom. The molecule has 84 valence electrons. The lowest BCUT2D eigenvalue weighted by Crippen LogP contribution is -2.40. The topological polar surface area (TPSA) is 44.5 Å². The number of nitrogens with two attached hydrogens (primary N) is 1. The molecule has 1 saturated carbocycles. The largest absolute Gasteiger partial charge is 0.381 e. The van der Waals surface area contributed by atoms with E-state index in [0.717, 1.165) is 12.8 Å². The maximum Gasteiger partial charge on any atom is 0.0751 e. The molecular weight excluding hydrogens is 178 g/mol. The number of ether oxygens (including phenoxy) is 2. The van der Waals surface area contributed by atoms with Gasteiger partial charge in [-0.1, -0.05) is 0 Å². The SMILES string of the molecule is COC1CCCC(OC(C)(C)CN)C1. The molecule has 0 radical (unpaired) electrons. The van der Waals surface area contributed by atoms with Gasteiger partial charge in [-0.05, 0) is 39.5 Å². The van der Waals surface area contributed by atoms with Crippen LogP contribution in [0.1, 0.15) is 39.5 Å². The van der Waals surface area contributed by atoms with Crippen LogP contribution in [0.3, 0.4) is 0 Å². The van der Waals surface area contributed by atoms with Crippen molar-refractivity contribution >= 4 is 0 Å². The monoisotopic (exact) mass is 201 g/mol. The third kappa shape index (κ3) is 3.56. The molecule has 0 aromatic rings. The van der Waals surface area contributed by atoms with Crippen molar-refractivity contribution in [3.05, 3.63) is 0 Å². The Bertz CT molecular complexity index is 171. The summed E-state index contributed by atoms with van der Waals surface area (Å²) < 4.78 is 11.3. The van der Waals surface area contributed by atoms with Gasteiger partial charge in [0.2, 0.25) is 0 Å². The fourth-order valence-electron chi connectivity index (χ4n) is 1.92. The average Bonchev–Trinajstić information content (AvgIpc) is 2.17. The summed E-state index contributed by atoms with van der Waals surface area (Å²) in [6.45, 7) is 4.66. The summed E-state index contributed by atoms with van der Waals surface area (Å²) in [5.41, 5.74) is 5.44. The third-order valence-electron chi connectivity index (χ3n) is 2.89. The fourth-order valence-corrected chi connectivity index (χ4v) is 1.92. The van der Waals surface area contributed by atoms with Crippen LogP contribution in [0.25, 0.3) is 0 Å². The first-order valence-electron chi connectivity index (χ1n) is 5.48. The summed E-state index contributed by atoms with van der Waals surface area (Å²) in [4.78, 5) is 0. The molecule has 0 saturated heterocycles. The molecule has 0 bridgehead atoms. The lowest BCUT2D eigenvalue weighted by molar-refractivity contribution is -0.101. The van der Waals surface area contributed by atoms with Crippen LogP contribution in [0.2, 0.25) is 0 Å². The molecule has 0 amide bonds. The molecule has 3 heteroatoms. The Hall–Kier alpha value is -0.120. The van der Waals surface area contributed by atoms with Crippen molar-refractivity contribution in [3.63, 3.8) is 0 Å². The highest BCUT2D eigenvalue weighted by molar-refractivity contribution is 4.78. The summed E-state index contributed by atoms with van der Waals surface area (Å²) in [5, 5.41) is 0. The molecule has 2 atom stereocenters. The van der Waals surface area contributed by atoms with E-state index in [4.69, 9.17) is 15.2 Å². The van der Waals surface area contributed by atoms with Crippen molar-refractivity contribution in [1.82, 2.24) is 0 Å². The minimum atomic E-state index is -0.194. The molecule has 1 aliphatic carbocycles. The van der Waals surface area contributed by atoms with E-state index in [0.29, 0.717) is 18.8 Å². The molecule has 0 aromatic carbocycles. The van der Waals surface area contributed by atoms with Crippen molar-refractivity contribution in [2.45, 2.75) is 57.3 Å². The first kappa shape index (κ1) is 12.0. The Balaban J connectivity index is 2.37. The lowest BCUT2D eigenvalue weighted by Gasteiger charge is -2.34. The van der Waals surface area contributed by atoms with E-state index in [1.54, 1.807) is 7.11 Å². The molecule has 1 aliphatic rings. The zero-order valence-electron chi connectivity index (χ0n) is 9.58. The molecule has 0 aromatic heterocycles. The van der Waals surface area contributed by atoms with Crippen molar-refractivity contribution in [2.75, 3.05) is 13.7 Å². The van der Waals surface area contributed by atoms with Crippen molar-refractivity contribution in [3.8, 4) is 0 Å². The smallest absolute Gasteiger partial charge is 0.0751 e. The molecular formula is C11H23NO2. The summed E-state index contributed by atoms with van der Waals surface area (Å²) in [5.74, 6) is 0. The van der Waals surface area contributed by atoms with Crippen LogP contribution in [-0.2, 0) is 9.47 Å². The van der Waals surface area contributed by atoms with Gasteiger partial charge in [0, 0.05) is 13.7 Å². The van der Waals surface area contributed by atoms with Gasteiger partial charge in [-0.25, -0.2) is 0 Å². The second-order valence-corrected chi connectivity index (χ2v) is 4.73. The van der Waals surface area contributed by atoms with Gasteiger partial charge in [-0.3, -0.25) is 0 Å². The molecule has 2 unspecified atom stereocenters. The van der Waals surface area contributed by atoms with Crippen LogP contribution in [-0.4, -0.2) is 31.5 Å². The van der Waals surface area contributed by atoms with E-state index < -0.39 is 0 Å². The average molecular weight is 201 g/mol. The Morgan fingerprint density at radius 2 is 1.93 bits per heavy atom. The van der Waals surface area contributed by atoms with E-state index >= 15 is 0 Å². The molecule has 2 N–H and O–H groups in total. The highest BCUT2D eigenvalue weighted by atomic mass is 16.5. The maximum atomic E-state index is 5.96. The predicted molar refractivity (Wildman–Crippen MR) is 57.3 cm³/mol. The van der Waals surface area contributed by atoms with Crippen LogP contribution >= 0.6 is 0 Å². The first-order chi connectivity index (χ1) is 6.57. The minimum absolute atomic E-state index is 0.194. The predicted octanol–water partition coefficient (Wildman–Crippen LogP) is 1.70. The molecule has 1 rings (SSSR count). The zero-order chi connectivity index (χ0) is 10.6. The first-order valence-corrected chi connectivity index (χ1v) is 5.48. The molecule has 0 spiro atoms. The standard InChI is InChI=1S/C11H23NO2/c1-11(2,8-12)14-10-6-4-5-9(7-10)13-3/h9-10H,4-8,12H2,1-3H3.